The molecule has 4 heteroatoms. The van der Waals surface area contributed by atoms with E-state index >= 15 is 0 Å². The van der Waals surface area contributed by atoms with Gasteiger partial charge >= 0.3 is 0 Å². The Morgan fingerprint density at radius 2 is 2.12 bits per heavy atom. The number of anilines is 1. The second kappa shape index (κ2) is 4.46. The summed E-state index contributed by atoms with van der Waals surface area (Å²) in [6, 6.07) is 6.25. The molecule has 0 spiro atoms. The summed E-state index contributed by atoms with van der Waals surface area (Å²) in [5, 5.41) is 3.45. The number of hydrogen-bond acceptors (Lipinski definition) is 2. The van der Waals surface area contributed by atoms with Gasteiger partial charge in [0.05, 0.1) is 10.7 Å². The van der Waals surface area contributed by atoms with E-state index in [4.69, 9.17) is 11.6 Å². The molecule has 2 aliphatic rings. The fraction of sp³-hybridized carbons (Fsp3) is 0.538. The lowest BCUT2D eigenvalue weighted by Gasteiger charge is -2.17. The lowest BCUT2D eigenvalue weighted by Crippen LogP contribution is -2.28. The van der Waals surface area contributed by atoms with Gasteiger partial charge in [-0.15, -0.1) is 0 Å². The summed E-state index contributed by atoms with van der Waals surface area (Å²) in [6.07, 6.45) is 3.75. The summed E-state index contributed by atoms with van der Waals surface area (Å²) >= 11 is 5.76. The molecule has 2 fully saturated rings. The van der Waals surface area contributed by atoms with Crippen molar-refractivity contribution >= 4 is 17.3 Å². The lowest BCUT2D eigenvalue weighted by atomic mass is 10.2. The Hall–Kier alpha value is -0.800. The van der Waals surface area contributed by atoms with E-state index in [9.17, 15) is 4.39 Å². The topological polar surface area (TPSA) is 15.3 Å². The molecule has 1 saturated carbocycles. The van der Waals surface area contributed by atoms with Gasteiger partial charge in [0, 0.05) is 25.2 Å². The molecule has 1 aliphatic heterocycles. The van der Waals surface area contributed by atoms with Gasteiger partial charge < -0.3 is 5.32 Å². The zero-order valence-corrected chi connectivity index (χ0v) is 10.4. The third-order valence-electron chi connectivity index (χ3n) is 3.59. The van der Waals surface area contributed by atoms with Crippen molar-refractivity contribution in [3.8, 4) is 0 Å². The molecule has 1 saturated heterocycles. The summed E-state index contributed by atoms with van der Waals surface area (Å²) in [7, 11) is 0. The minimum atomic E-state index is -0.334. The highest BCUT2D eigenvalue weighted by Gasteiger charge is 2.34. The van der Waals surface area contributed by atoms with E-state index < -0.39 is 0 Å². The van der Waals surface area contributed by atoms with E-state index in [0.717, 1.165) is 25.6 Å². The van der Waals surface area contributed by atoms with Gasteiger partial charge in [-0.1, -0.05) is 17.7 Å². The number of nitrogens with one attached hydrogen (secondary N) is 1. The molecule has 2 nitrogen and oxygen atoms in total. The number of benzene rings is 1. The fourth-order valence-electron chi connectivity index (χ4n) is 2.51. The summed E-state index contributed by atoms with van der Waals surface area (Å²) in [4.78, 5) is 2.50. The Morgan fingerprint density at radius 1 is 1.29 bits per heavy atom. The van der Waals surface area contributed by atoms with Gasteiger partial charge in [0.2, 0.25) is 0 Å². The zero-order chi connectivity index (χ0) is 11.8. The molecule has 1 N–H and O–H groups in total. The van der Waals surface area contributed by atoms with Crippen LogP contribution in [0.3, 0.4) is 0 Å². The second-order valence-corrected chi connectivity index (χ2v) is 5.36. The van der Waals surface area contributed by atoms with Gasteiger partial charge in [0.15, 0.2) is 5.82 Å². The molecule has 0 radical (unpaired) electrons. The van der Waals surface area contributed by atoms with E-state index in [2.05, 4.69) is 10.2 Å². The van der Waals surface area contributed by atoms with Crippen molar-refractivity contribution in [1.82, 2.24) is 4.90 Å². The maximum absolute atomic E-state index is 13.7. The van der Waals surface area contributed by atoms with Crippen LogP contribution in [0.25, 0.3) is 0 Å². The van der Waals surface area contributed by atoms with Crippen LogP contribution in [0.5, 0.6) is 0 Å². The maximum Gasteiger partial charge on any atom is 0.164 e. The highest BCUT2D eigenvalue weighted by molar-refractivity contribution is 6.31. The average Bonchev–Trinajstić information content (AvgIpc) is 3.06. The van der Waals surface area contributed by atoms with E-state index in [1.165, 1.54) is 12.8 Å². The predicted octanol–water partition coefficient (Wildman–Crippen LogP) is 3.13. The van der Waals surface area contributed by atoms with Crippen LogP contribution in [0.2, 0.25) is 5.02 Å². The molecule has 1 unspecified atom stereocenters. The maximum atomic E-state index is 13.7. The first-order valence-corrected chi connectivity index (χ1v) is 6.56. The standard InChI is InChI=1S/C13H16ClFN2/c14-11-2-1-3-12(13(11)15)16-9-6-7-17(8-9)10-4-5-10/h1-3,9-10,16H,4-8H2. The summed E-state index contributed by atoms with van der Waals surface area (Å²) < 4.78 is 13.7. The van der Waals surface area contributed by atoms with Gasteiger partial charge in [-0.3, -0.25) is 4.90 Å². The van der Waals surface area contributed by atoms with Gasteiger partial charge in [0.25, 0.3) is 0 Å². The smallest absolute Gasteiger partial charge is 0.164 e. The monoisotopic (exact) mass is 254 g/mol. The molecule has 0 amide bonds. The van der Waals surface area contributed by atoms with Crippen molar-refractivity contribution in [3.63, 3.8) is 0 Å². The Kier molecular flexibility index (Phi) is 2.97. The molecule has 1 atom stereocenters. The number of nitrogens with zero attached hydrogens (tertiary/aromatic N) is 1. The Balaban J connectivity index is 1.65. The van der Waals surface area contributed by atoms with E-state index in [1.807, 2.05) is 0 Å². The van der Waals surface area contributed by atoms with Crippen LogP contribution in [0.1, 0.15) is 19.3 Å². The normalized spacial score (nSPS) is 25.2. The zero-order valence-electron chi connectivity index (χ0n) is 9.63. The highest BCUT2D eigenvalue weighted by Crippen LogP contribution is 2.31. The molecule has 1 aliphatic carbocycles. The Labute approximate surface area is 106 Å². The quantitative estimate of drug-likeness (QED) is 0.892. The molecule has 1 heterocycles. The van der Waals surface area contributed by atoms with E-state index in [0.29, 0.717) is 11.7 Å². The third kappa shape index (κ3) is 2.40. The molecule has 3 rings (SSSR count). The van der Waals surface area contributed by atoms with E-state index in [-0.39, 0.29) is 10.8 Å². The third-order valence-corrected chi connectivity index (χ3v) is 3.89. The van der Waals surface area contributed by atoms with Crippen LogP contribution in [0.15, 0.2) is 18.2 Å². The number of halogens is 2. The highest BCUT2D eigenvalue weighted by atomic mass is 35.5. The Bertz CT molecular complexity index is 420. The number of likely N-dealkylation sites (tertiary alicyclic amines) is 1. The van der Waals surface area contributed by atoms with Crippen molar-refractivity contribution in [1.29, 1.82) is 0 Å². The SMILES string of the molecule is Fc1c(Cl)cccc1NC1CCN(C2CC2)C1. The predicted molar refractivity (Wildman–Crippen MR) is 68.0 cm³/mol. The molecular formula is C13H16ClFN2. The van der Waals surface area contributed by atoms with Crippen molar-refractivity contribution in [2.24, 2.45) is 0 Å². The largest absolute Gasteiger partial charge is 0.379 e. The number of rotatable bonds is 3. The fourth-order valence-corrected chi connectivity index (χ4v) is 2.69. The molecule has 1 aromatic rings. The van der Waals surface area contributed by atoms with E-state index in [1.54, 1.807) is 18.2 Å². The van der Waals surface area contributed by atoms with Crippen molar-refractivity contribution in [3.05, 3.63) is 29.0 Å². The molecule has 0 bridgehead atoms. The molecular weight excluding hydrogens is 239 g/mol. The van der Waals surface area contributed by atoms with Crippen LogP contribution in [-0.4, -0.2) is 30.1 Å². The van der Waals surface area contributed by atoms with Crippen LogP contribution < -0.4 is 5.32 Å². The first-order chi connectivity index (χ1) is 8.24. The van der Waals surface area contributed by atoms with Crippen LogP contribution in [0, 0.1) is 5.82 Å². The van der Waals surface area contributed by atoms with Crippen LogP contribution in [-0.2, 0) is 0 Å². The molecule has 17 heavy (non-hydrogen) atoms. The molecule has 92 valence electrons. The second-order valence-electron chi connectivity index (χ2n) is 4.96. The van der Waals surface area contributed by atoms with Crippen molar-refractivity contribution in [2.75, 3.05) is 18.4 Å². The molecule has 0 aromatic heterocycles. The van der Waals surface area contributed by atoms with Crippen molar-refractivity contribution in [2.45, 2.75) is 31.3 Å². The van der Waals surface area contributed by atoms with Gasteiger partial charge in [-0.2, -0.15) is 0 Å². The molecule has 1 aromatic carbocycles. The summed E-state index contributed by atoms with van der Waals surface area (Å²) in [5.74, 6) is -0.334. The van der Waals surface area contributed by atoms with Crippen LogP contribution in [0.4, 0.5) is 10.1 Å². The Morgan fingerprint density at radius 3 is 2.88 bits per heavy atom. The minimum Gasteiger partial charge on any atom is -0.379 e. The van der Waals surface area contributed by atoms with Crippen LogP contribution >= 0.6 is 11.6 Å². The first kappa shape index (κ1) is 11.3. The van der Waals surface area contributed by atoms with Crippen molar-refractivity contribution < 1.29 is 4.39 Å². The minimum absolute atomic E-state index is 0.187. The average molecular weight is 255 g/mol. The van der Waals surface area contributed by atoms with Gasteiger partial charge in [-0.05, 0) is 31.4 Å². The van der Waals surface area contributed by atoms with Gasteiger partial charge in [0.1, 0.15) is 0 Å². The lowest BCUT2D eigenvalue weighted by molar-refractivity contribution is 0.326. The summed E-state index contributed by atoms with van der Waals surface area (Å²) in [5.41, 5.74) is 0.528. The van der Waals surface area contributed by atoms with Gasteiger partial charge in [-0.25, -0.2) is 4.39 Å². The summed E-state index contributed by atoms with van der Waals surface area (Å²) in [6.45, 7) is 2.15. The number of hydrogen-bond donors (Lipinski definition) is 1. The first-order valence-electron chi connectivity index (χ1n) is 6.18.